The van der Waals surface area contributed by atoms with Gasteiger partial charge in [-0.1, -0.05) is 6.92 Å². The minimum absolute atomic E-state index is 0.125. The Balaban J connectivity index is 1.51. The maximum Gasteiger partial charge on any atom is 0.317 e. The summed E-state index contributed by atoms with van der Waals surface area (Å²) in [5.41, 5.74) is 0. The molecule has 2 aliphatic rings. The lowest BCUT2D eigenvalue weighted by Crippen LogP contribution is -2.51. The number of carboxylic acids is 1. The summed E-state index contributed by atoms with van der Waals surface area (Å²) < 4.78 is 0. The summed E-state index contributed by atoms with van der Waals surface area (Å²) in [6.07, 6.45) is 6.00. The number of nitrogens with one attached hydrogen (secondary N) is 1. The van der Waals surface area contributed by atoms with Crippen molar-refractivity contribution < 1.29 is 9.90 Å². The molecule has 0 atom stereocenters. The van der Waals surface area contributed by atoms with Crippen LogP contribution < -0.4 is 10.2 Å². The van der Waals surface area contributed by atoms with Gasteiger partial charge in [0.05, 0.1) is 6.54 Å². The van der Waals surface area contributed by atoms with Crippen molar-refractivity contribution in [3.05, 3.63) is 12.4 Å². The average molecular weight is 319 g/mol. The van der Waals surface area contributed by atoms with Gasteiger partial charge < -0.3 is 15.3 Å². The summed E-state index contributed by atoms with van der Waals surface area (Å²) in [4.78, 5) is 23.9. The highest BCUT2D eigenvalue weighted by atomic mass is 16.4. The van der Waals surface area contributed by atoms with Gasteiger partial charge in [0, 0.05) is 31.2 Å². The van der Waals surface area contributed by atoms with E-state index in [9.17, 15) is 4.79 Å². The van der Waals surface area contributed by atoms with Crippen LogP contribution in [-0.2, 0) is 4.79 Å². The lowest BCUT2D eigenvalue weighted by molar-refractivity contribution is -0.139. The van der Waals surface area contributed by atoms with Crippen LogP contribution in [0.3, 0.4) is 0 Å². The lowest BCUT2D eigenvalue weighted by atomic mass is 9.85. The number of anilines is 2. The van der Waals surface area contributed by atoms with Gasteiger partial charge in [0.1, 0.15) is 18.0 Å². The molecule has 1 aliphatic heterocycles. The maximum absolute atomic E-state index is 10.9. The Morgan fingerprint density at radius 2 is 2.13 bits per heavy atom. The molecule has 1 aromatic rings. The second kappa shape index (κ2) is 7.12. The Kier molecular flexibility index (Phi) is 4.95. The third-order valence-electron chi connectivity index (χ3n) is 4.81. The standard InChI is InChI=1S/C16H25N5O2/c1-2-20(10-16(22)23)13-7-12(8-13)19-14-9-15(18-11-17-14)21-5-3-4-6-21/h9,11-13H,2-8,10H2,1H3,(H,22,23)(H,17,18,19). The minimum Gasteiger partial charge on any atom is -0.480 e. The topological polar surface area (TPSA) is 81.6 Å². The Labute approximate surface area is 136 Å². The number of carboxylic acid groups (broad SMARTS) is 1. The van der Waals surface area contributed by atoms with E-state index in [0.717, 1.165) is 44.1 Å². The van der Waals surface area contributed by atoms with Crippen LogP contribution >= 0.6 is 0 Å². The fourth-order valence-electron chi connectivity index (χ4n) is 3.43. The van der Waals surface area contributed by atoms with Gasteiger partial charge >= 0.3 is 5.97 Å². The molecule has 2 heterocycles. The van der Waals surface area contributed by atoms with E-state index in [0.29, 0.717) is 12.1 Å². The molecule has 0 spiro atoms. The number of aromatic nitrogens is 2. The van der Waals surface area contributed by atoms with Crippen molar-refractivity contribution in [2.75, 3.05) is 36.4 Å². The molecular weight excluding hydrogens is 294 g/mol. The van der Waals surface area contributed by atoms with Gasteiger partial charge in [0.15, 0.2) is 0 Å². The first-order chi connectivity index (χ1) is 11.2. The second-order valence-electron chi connectivity index (χ2n) is 6.38. The quantitative estimate of drug-likeness (QED) is 0.786. The van der Waals surface area contributed by atoms with E-state index < -0.39 is 5.97 Å². The van der Waals surface area contributed by atoms with Crippen LogP contribution in [0.2, 0.25) is 0 Å². The third kappa shape index (κ3) is 3.90. The Hall–Kier alpha value is -1.89. The summed E-state index contributed by atoms with van der Waals surface area (Å²) in [6, 6.07) is 2.74. The predicted molar refractivity (Wildman–Crippen MR) is 88.8 cm³/mol. The fourth-order valence-corrected chi connectivity index (χ4v) is 3.43. The van der Waals surface area contributed by atoms with E-state index in [-0.39, 0.29) is 6.54 Å². The van der Waals surface area contributed by atoms with Crippen LogP contribution in [0.1, 0.15) is 32.6 Å². The number of hydrogen-bond donors (Lipinski definition) is 2. The molecule has 0 bridgehead atoms. The van der Waals surface area contributed by atoms with Gasteiger partial charge in [0.25, 0.3) is 0 Å². The van der Waals surface area contributed by atoms with Crippen LogP contribution in [0.4, 0.5) is 11.6 Å². The lowest BCUT2D eigenvalue weighted by Gasteiger charge is -2.42. The number of nitrogens with zero attached hydrogens (tertiary/aromatic N) is 4. The van der Waals surface area contributed by atoms with E-state index in [1.54, 1.807) is 6.33 Å². The molecule has 3 rings (SSSR count). The molecule has 7 heteroatoms. The van der Waals surface area contributed by atoms with Crippen molar-refractivity contribution in [1.82, 2.24) is 14.9 Å². The normalized spacial score (nSPS) is 23.8. The molecule has 0 amide bonds. The zero-order valence-corrected chi connectivity index (χ0v) is 13.6. The van der Waals surface area contributed by atoms with Crippen LogP contribution in [0.5, 0.6) is 0 Å². The third-order valence-corrected chi connectivity index (χ3v) is 4.81. The van der Waals surface area contributed by atoms with Crippen LogP contribution in [0, 0.1) is 0 Å². The molecule has 2 fully saturated rings. The molecule has 0 radical (unpaired) electrons. The molecule has 1 saturated carbocycles. The first kappa shape index (κ1) is 16.0. The van der Waals surface area contributed by atoms with Gasteiger partial charge in [-0.3, -0.25) is 9.69 Å². The fraction of sp³-hybridized carbons (Fsp3) is 0.688. The van der Waals surface area contributed by atoms with Crippen molar-refractivity contribution >= 4 is 17.6 Å². The van der Waals surface area contributed by atoms with E-state index >= 15 is 0 Å². The molecule has 1 aliphatic carbocycles. The van der Waals surface area contributed by atoms with Crippen molar-refractivity contribution in [2.45, 2.75) is 44.7 Å². The molecule has 1 aromatic heterocycles. The SMILES string of the molecule is CCN(CC(=O)O)C1CC(Nc2cc(N3CCCC3)ncn2)C1. The number of carbonyl (C=O) groups is 1. The Morgan fingerprint density at radius 1 is 1.39 bits per heavy atom. The summed E-state index contributed by atoms with van der Waals surface area (Å²) in [7, 11) is 0. The van der Waals surface area contributed by atoms with Crippen molar-refractivity contribution in [2.24, 2.45) is 0 Å². The highest BCUT2D eigenvalue weighted by molar-refractivity contribution is 5.69. The van der Waals surface area contributed by atoms with Gasteiger partial charge in [0.2, 0.25) is 0 Å². The van der Waals surface area contributed by atoms with Crippen molar-refractivity contribution in [3.63, 3.8) is 0 Å². The largest absolute Gasteiger partial charge is 0.480 e. The number of likely N-dealkylation sites (N-methyl/N-ethyl adjacent to an activating group) is 1. The molecule has 23 heavy (non-hydrogen) atoms. The van der Waals surface area contributed by atoms with E-state index in [4.69, 9.17) is 5.11 Å². The van der Waals surface area contributed by atoms with Gasteiger partial charge in [-0.15, -0.1) is 0 Å². The minimum atomic E-state index is -0.755. The van der Waals surface area contributed by atoms with Crippen molar-refractivity contribution in [1.29, 1.82) is 0 Å². The molecule has 0 unspecified atom stereocenters. The zero-order chi connectivity index (χ0) is 16.2. The zero-order valence-electron chi connectivity index (χ0n) is 13.6. The second-order valence-corrected chi connectivity index (χ2v) is 6.38. The van der Waals surface area contributed by atoms with E-state index in [1.165, 1.54) is 12.8 Å². The molecule has 1 saturated heterocycles. The number of hydrogen-bond acceptors (Lipinski definition) is 6. The van der Waals surface area contributed by atoms with Crippen LogP contribution in [0.25, 0.3) is 0 Å². The monoisotopic (exact) mass is 319 g/mol. The highest BCUT2D eigenvalue weighted by Crippen LogP contribution is 2.29. The Morgan fingerprint density at radius 3 is 2.78 bits per heavy atom. The maximum atomic E-state index is 10.9. The van der Waals surface area contributed by atoms with Gasteiger partial charge in [-0.25, -0.2) is 9.97 Å². The van der Waals surface area contributed by atoms with Gasteiger partial charge in [-0.05, 0) is 32.2 Å². The van der Waals surface area contributed by atoms with Gasteiger partial charge in [-0.2, -0.15) is 0 Å². The molecule has 7 nitrogen and oxygen atoms in total. The predicted octanol–water partition coefficient (Wildman–Crippen LogP) is 1.43. The van der Waals surface area contributed by atoms with Crippen LogP contribution in [0.15, 0.2) is 12.4 Å². The number of aliphatic carboxylic acids is 1. The van der Waals surface area contributed by atoms with E-state index in [2.05, 4.69) is 20.2 Å². The summed E-state index contributed by atoms with van der Waals surface area (Å²) in [5, 5.41) is 12.4. The molecule has 126 valence electrons. The van der Waals surface area contributed by atoms with Crippen molar-refractivity contribution in [3.8, 4) is 0 Å². The molecule has 2 N–H and O–H groups in total. The Bertz CT molecular complexity index is 541. The molecular formula is C16H25N5O2. The number of rotatable bonds is 7. The first-order valence-electron chi connectivity index (χ1n) is 8.45. The summed E-state index contributed by atoms with van der Waals surface area (Å²) in [6.45, 7) is 5.05. The average Bonchev–Trinajstić information content (AvgIpc) is 3.03. The molecule has 0 aromatic carbocycles. The highest BCUT2D eigenvalue weighted by Gasteiger charge is 2.34. The summed E-state index contributed by atoms with van der Waals surface area (Å²) in [5.74, 6) is 1.11. The summed E-state index contributed by atoms with van der Waals surface area (Å²) >= 11 is 0. The first-order valence-corrected chi connectivity index (χ1v) is 8.45. The smallest absolute Gasteiger partial charge is 0.317 e. The van der Waals surface area contributed by atoms with E-state index in [1.807, 2.05) is 17.9 Å². The van der Waals surface area contributed by atoms with Crippen LogP contribution in [-0.4, -0.2) is 64.2 Å².